The van der Waals surface area contributed by atoms with Gasteiger partial charge in [0.25, 0.3) is 0 Å². The highest BCUT2D eigenvalue weighted by molar-refractivity contribution is 6.17. The maximum atomic E-state index is 8.52. The van der Waals surface area contributed by atoms with E-state index in [-0.39, 0.29) is 6.08 Å². The van der Waals surface area contributed by atoms with Gasteiger partial charge in [-0.15, -0.1) is 0 Å². The lowest BCUT2D eigenvalue weighted by atomic mass is 10.2. The number of rotatable bonds is 3. The summed E-state index contributed by atoms with van der Waals surface area (Å²) in [5.41, 5.74) is 2.61. The first-order chi connectivity index (χ1) is 6.83. The number of nitrogens with zero attached hydrogens (tertiary/aromatic N) is 1. The number of oxazole rings is 1. The Morgan fingerprint density at radius 1 is 1.57 bits per heavy atom. The molecule has 0 fully saturated rings. The van der Waals surface area contributed by atoms with Crippen molar-refractivity contribution < 1.29 is 14.1 Å². The third kappa shape index (κ3) is 1.58. The number of fused-ring (bicyclic) bond motifs is 1. The Bertz CT molecular complexity index is 441. The van der Waals surface area contributed by atoms with Crippen LogP contribution >= 0.6 is 0 Å². The minimum absolute atomic E-state index is 0.107. The first-order valence-corrected chi connectivity index (χ1v) is 4.46. The maximum Gasteiger partial charge on any atom is 0.507 e. The van der Waals surface area contributed by atoms with Crippen molar-refractivity contribution in [2.45, 2.75) is 13.3 Å². The topological polar surface area (TPSA) is 55.5 Å². The zero-order valence-corrected chi connectivity index (χ0v) is 7.86. The second-order valence-electron chi connectivity index (χ2n) is 2.91. The van der Waals surface area contributed by atoms with Gasteiger partial charge < -0.3 is 14.1 Å². The van der Waals surface area contributed by atoms with Crippen LogP contribution in [-0.4, -0.2) is 17.7 Å². The summed E-state index contributed by atoms with van der Waals surface area (Å²) in [6.45, 7) is 2.07. The molecule has 1 heterocycles. The summed E-state index contributed by atoms with van der Waals surface area (Å²) < 4.78 is 10.00. The molecule has 2 rings (SSSR count). The fourth-order valence-corrected chi connectivity index (χ4v) is 1.28. The van der Waals surface area contributed by atoms with E-state index in [0.29, 0.717) is 5.58 Å². The number of aryl methyl sites for hydroxylation is 1. The molecule has 72 valence electrons. The molecular formula is C9H10BNO3. The third-order valence-electron chi connectivity index (χ3n) is 2.03. The number of hydrogen-bond acceptors (Lipinski definition) is 4. The first-order valence-electron chi connectivity index (χ1n) is 4.46. The van der Waals surface area contributed by atoms with E-state index in [1.54, 1.807) is 0 Å². The Labute approximate surface area is 81.8 Å². The van der Waals surface area contributed by atoms with Gasteiger partial charge in [-0.25, -0.2) is 0 Å². The van der Waals surface area contributed by atoms with Crippen LogP contribution in [0.25, 0.3) is 11.1 Å². The number of benzene rings is 1. The Kier molecular flexibility index (Phi) is 2.41. The Morgan fingerprint density at radius 3 is 3.14 bits per heavy atom. The van der Waals surface area contributed by atoms with Gasteiger partial charge in [0.1, 0.15) is 5.52 Å². The van der Waals surface area contributed by atoms with Gasteiger partial charge in [-0.05, 0) is 24.1 Å². The van der Waals surface area contributed by atoms with Crippen molar-refractivity contribution in [3.05, 3.63) is 23.8 Å². The van der Waals surface area contributed by atoms with Crippen molar-refractivity contribution in [2.24, 2.45) is 0 Å². The Balaban J connectivity index is 2.43. The lowest BCUT2D eigenvalue weighted by Gasteiger charge is -1.92. The summed E-state index contributed by atoms with van der Waals surface area (Å²) in [6, 6.07) is 5.79. The molecule has 1 aromatic heterocycles. The smallest absolute Gasteiger partial charge is 0.496 e. The highest BCUT2D eigenvalue weighted by Gasteiger charge is 2.06. The predicted octanol–water partition coefficient (Wildman–Crippen LogP) is 1.03. The molecule has 0 radical (unpaired) electrons. The van der Waals surface area contributed by atoms with Crippen LogP contribution in [-0.2, 0) is 6.42 Å². The van der Waals surface area contributed by atoms with Crippen LogP contribution in [0.3, 0.4) is 0 Å². The van der Waals surface area contributed by atoms with E-state index in [1.165, 1.54) is 5.56 Å². The molecule has 5 heteroatoms. The molecule has 14 heavy (non-hydrogen) atoms. The molecule has 0 saturated carbocycles. The highest BCUT2D eigenvalue weighted by atomic mass is 16.6. The molecule has 1 aromatic carbocycles. The van der Waals surface area contributed by atoms with Gasteiger partial charge in [0.2, 0.25) is 0 Å². The van der Waals surface area contributed by atoms with Gasteiger partial charge in [0, 0.05) is 0 Å². The fourth-order valence-electron chi connectivity index (χ4n) is 1.28. The summed E-state index contributed by atoms with van der Waals surface area (Å²) in [7, 11) is -0.423. The first kappa shape index (κ1) is 9.08. The number of hydrogen-bond donors (Lipinski definition) is 1. The maximum absolute atomic E-state index is 8.52. The van der Waals surface area contributed by atoms with Gasteiger partial charge >= 0.3 is 13.8 Å². The van der Waals surface area contributed by atoms with Gasteiger partial charge in [-0.3, -0.25) is 0 Å². The molecular weight excluding hydrogens is 181 g/mol. The van der Waals surface area contributed by atoms with Crippen LogP contribution in [0.4, 0.5) is 0 Å². The average molecular weight is 191 g/mol. The summed E-state index contributed by atoms with van der Waals surface area (Å²) in [5.74, 6) is 0. The normalized spacial score (nSPS) is 10.4. The van der Waals surface area contributed by atoms with Crippen LogP contribution in [0.2, 0.25) is 0 Å². The zero-order chi connectivity index (χ0) is 9.97. The molecule has 0 bridgehead atoms. The fraction of sp³-hybridized carbons (Fsp3) is 0.222. The third-order valence-corrected chi connectivity index (χ3v) is 2.03. The van der Waals surface area contributed by atoms with Crippen molar-refractivity contribution in [1.29, 1.82) is 0 Å². The van der Waals surface area contributed by atoms with Gasteiger partial charge in [-0.1, -0.05) is 13.0 Å². The lowest BCUT2D eigenvalue weighted by molar-refractivity contribution is 0.356. The molecule has 0 aliphatic rings. The molecule has 0 unspecified atom stereocenters. The summed E-state index contributed by atoms with van der Waals surface area (Å²) in [5, 5.41) is 8.52. The predicted molar refractivity (Wildman–Crippen MR) is 53.4 cm³/mol. The van der Waals surface area contributed by atoms with Crippen LogP contribution < -0.4 is 4.65 Å². The lowest BCUT2D eigenvalue weighted by Crippen LogP contribution is -1.99. The minimum Gasteiger partial charge on any atom is -0.496 e. The number of aromatic nitrogens is 1. The molecule has 2 aromatic rings. The second-order valence-corrected chi connectivity index (χ2v) is 2.91. The molecule has 4 nitrogen and oxygen atoms in total. The monoisotopic (exact) mass is 191 g/mol. The SMILES string of the molecule is CCc1ccc2nc(OBO)oc2c1. The average Bonchev–Trinajstić information content (AvgIpc) is 2.59. The van der Waals surface area contributed by atoms with Gasteiger partial charge in [0.15, 0.2) is 5.58 Å². The van der Waals surface area contributed by atoms with Crippen LogP contribution in [0.1, 0.15) is 12.5 Å². The van der Waals surface area contributed by atoms with Crippen molar-refractivity contribution in [1.82, 2.24) is 4.98 Å². The van der Waals surface area contributed by atoms with Crippen molar-refractivity contribution in [3.8, 4) is 6.08 Å². The summed E-state index contributed by atoms with van der Waals surface area (Å²) in [4.78, 5) is 4.03. The van der Waals surface area contributed by atoms with Crippen LogP contribution in [0, 0.1) is 0 Å². The molecule has 0 aliphatic carbocycles. The molecule has 1 N–H and O–H groups in total. The van der Waals surface area contributed by atoms with Gasteiger partial charge in [0.05, 0.1) is 0 Å². The standard InChI is InChI=1S/C9H10BNO3/c1-2-6-3-4-7-8(5-6)13-9(11-7)14-10-12/h3-5,10,12H,2H2,1H3. The van der Waals surface area contributed by atoms with E-state index >= 15 is 0 Å². The van der Waals surface area contributed by atoms with Crippen molar-refractivity contribution >= 4 is 18.8 Å². The quantitative estimate of drug-likeness (QED) is 0.736. The Morgan fingerprint density at radius 2 is 2.43 bits per heavy atom. The summed E-state index contributed by atoms with van der Waals surface area (Å²) >= 11 is 0. The summed E-state index contributed by atoms with van der Waals surface area (Å²) in [6.07, 6.45) is 1.06. The van der Waals surface area contributed by atoms with E-state index in [9.17, 15) is 0 Å². The van der Waals surface area contributed by atoms with Gasteiger partial charge in [-0.2, -0.15) is 4.98 Å². The van der Waals surface area contributed by atoms with E-state index in [0.717, 1.165) is 11.9 Å². The van der Waals surface area contributed by atoms with Crippen molar-refractivity contribution in [3.63, 3.8) is 0 Å². The van der Waals surface area contributed by atoms with Crippen LogP contribution in [0.5, 0.6) is 6.08 Å². The molecule has 0 spiro atoms. The van der Waals surface area contributed by atoms with E-state index in [4.69, 9.17) is 14.1 Å². The minimum atomic E-state index is -0.423. The molecule has 0 saturated heterocycles. The molecule has 0 aliphatic heterocycles. The second kappa shape index (κ2) is 3.71. The van der Waals surface area contributed by atoms with E-state index in [1.807, 2.05) is 18.2 Å². The molecule has 0 amide bonds. The Hall–Kier alpha value is -1.49. The van der Waals surface area contributed by atoms with E-state index in [2.05, 4.69) is 11.9 Å². The van der Waals surface area contributed by atoms with Crippen molar-refractivity contribution in [2.75, 3.05) is 0 Å². The van der Waals surface area contributed by atoms with E-state index < -0.39 is 7.69 Å². The largest absolute Gasteiger partial charge is 0.507 e. The zero-order valence-electron chi connectivity index (χ0n) is 7.86. The van der Waals surface area contributed by atoms with Crippen LogP contribution in [0.15, 0.2) is 22.6 Å². The molecule has 0 atom stereocenters. The highest BCUT2D eigenvalue weighted by Crippen LogP contribution is 2.21.